The van der Waals surface area contributed by atoms with Gasteiger partial charge in [0.05, 0.1) is 25.3 Å². The number of methoxy groups -OCH3 is 1. The first-order valence-electron chi connectivity index (χ1n) is 7.26. The maximum atomic E-state index is 12.6. The van der Waals surface area contributed by atoms with Gasteiger partial charge in [-0.15, -0.1) is 11.3 Å². The van der Waals surface area contributed by atoms with Crippen LogP contribution in [-0.4, -0.2) is 34.2 Å². The number of aryl methyl sites for hydroxylation is 1. The van der Waals surface area contributed by atoms with Gasteiger partial charge in [0.25, 0.3) is 11.5 Å². The zero-order valence-corrected chi connectivity index (χ0v) is 14.1. The fourth-order valence-corrected chi connectivity index (χ4v) is 2.90. The number of hydrogen-bond acceptors (Lipinski definition) is 7. The molecule has 0 bridgehead atoms. The van der Waals surface area contributed by atoms with Crippen molar-refractivity contribution in [3.63, 3.8) is 0 Å². The Morgan fingerprint density at radius 1 is 1.46 bits per heavy atom. The molecule has 126 valence electrons. The van der Waals surface area contributed by atoms with Gasteiger partial charge in [-0.2, -0.15) is 0 Å². The first-order valence-corrected chi connectivity index (χ1v) is 8.13. The minimum atomic E-state index is -0.384. The highest BCUT2D eigenvalue weighted by molar-refractivity contribution is 7.09. The van der Waals surface area contributed by atoms with Crippen LogP contribution in [0.3, 0.4) is 0 Å². The van der Waals surface area contributed by atoms with Crippen LogP contribution in [0.5, 0.6) is 0 Å². The third-order valence-electron chi connectivity index (χ3n) is 3.50. The van der Waals surface area contributed by atoms with Crippen LogP contribution < -0.4 is 10.9 Å². The fraction of sp³-hybridized carbons (Fsp3) is 0.333. The van der Waals surface area contributed by atoms with Crippen molar-refractivity contribution in [2.45, 2.75) is 20.0 Å². The molecule has 3 aromatic heterocycles. The van der Waals surface area contributed by atoms with Crippen LogP contribution >= 0.6 is 11.3 Å². The van der Waals surface area contributed by atoms with Gasteiger partial charge < -0.3 is 14.5 Å². The molecule has 0 aliphatic heterocycles. The van der Waals surface area contributed by atoms with E-state index in [1.807, 2.05) is 5.38 Å². The van der Waals surface area contributed by atoms with Crippen molar-refractivity contribution in [3.05, 3.63) is 44.6 Å². The summed E-state index contributed by atoms with van der Waals surface area (Å²) in [6, 6.07) is 0. The standard InChI is InChI=1S/C15H16N4O4S/c1-9-11(13(20)17-7-10-16-3-6-24-10)12-14(23-9)18-8-19(15(12)21)4-5-22-2/h3,6,8H,4-5,7H2,1-2H3,(H,17,20). The number of furan rings is 1. The molecule has 0 unspecified atom stereocenters. The van der Waals surface area contributed by atoms with Crippen LogP contribution in [0.15, 0.2) is 27.1 Å². The molecule has 0 radical (unpaired) electrons. The lowest BCUT2D eigenvalue weighted by Crippen LogP contribution is -2.27. The Morgan fingerprint density at radius 3 is 3.00 bits per heavy atom. The number of aromatic nitrogens is 3. The first-order chi connectivity index (χ1) is 11.6. The number of ether oxygens (including phenoxy) is 1. The van der Waals surface area contributed by atoms with Gasteiger partial charge in [-0.1, -0.05) is 0 Å². The lowest BCUT2D eigenvalue weighted by molar-refractivity contribution is 0.0950. The summed E-state index contributed by atoms with van der Waals surface area (Å²) in [4.78, 5) is 33.4. The van der Waals surface area contributed by atoms with E-state index in [0.717, 1.165) is 5.01 Å². The predicted octanol–water partition coefficient (Wildman–Crippen LogP) is 1.33. The van der Waals surface area contributed by atoms with E-state index in [4.69, 9.17) is 9.15 Å². The Balaban J connectivity index is 1.95. The molecule has 0 saturated carbocycles. The molecule has 0 saturated heterocycles. The quantitative estimate of drug-likeness (QED) is 0.721. The van der Waals surface area contributed by atoms with Crippen LogP contribution in [0.2, 0.25) is 0 Å². The highest BCUT2D eigenvalue weighted by atomic mass is 32.1. The lowest BCUT2D eigenvalue weighted by Gasteiger charge is -2.05. The Morgan fingerprint density at radius 2 is 2.29 bits per heavy atom. The minimum absolute atomic E-state index is 0.158. The maximum absolute atomic E-state index is 12.6. The SMILES string of the molecule is COCCn1cnc2oc(C)c(C(=O)NCc3nccs3)c2c1=O. The van der Waals surface area contributed by atoms with E-state index in [1.165, 1.54) is 22.2 Å². The summed E-state index contributed by atoms with van der Waals surface area (Å²) in [5.74, 6) is -0.0272. The third-order valence-corrected chi connectivity index (χ3v) is 4.28. The van der Waals surface area contributed by atoms with E-state index in [2.05, 4.69) is 15.3 Å². The second-order valence-electron chi connectivity index (χ2n) is 5.06. The highest BCUT2D eigenvalue weighted by Gasteiger charge is 2.22. The molecule has 3 rings (SSSR count). The van der Waals surface area contributed by atoms with Crippen molar-refractivity contribution < 1.29 is 13.9 Å². The Labute approximate surface area is 141 Å². The number of hydrogen-bond donors (Lipinski definition) is 1. The molecule has 1 N–H and O–H groups in total. The number of amides is 1. The fourth-order valence-electron chi connectivity index (χ4n) is 2.34. The highest BCUT2D eigenvalue weighted by Crippen LogP contribution is 2.21. The molecule has 0 aromatic carbocycles. The van der Waals surface area contributed by atoms with Crippen LogP contribution in [0.4, 0.5) is 0 Å². The second kappa shape index (κ2) is 6.93. The molecular weight excluding hydrogens is 332 g/mol. The Kier molecular flexibility index (Phi) is 4.72. The topological polar surface area (TPSA) is 99.2 Å². The number of nitrogens with zero attached hydrogens (tertiary/aromatic N) is 3. The van der Waals surface area contributed by atoms with Crippen molar-refractivity contribution in [3.8, 4) is 0 Å². The van der Waals surface area contributed by atoms with Gasteiger partial charge in [0.1, 0.15) is 22.5 Å². The smallest absolute Gasteiger partial charge is 0.265 e. The Bertz CT molecular complexity index is 914. The molecule has 3 heterocycles. The van der Waals surface area contributed by atoms with E-state index in [1.54, 1.807) is 20.2 Å². The number of carbonyl (C=O) groups is 1. The number of nitrogens with one attached hydrogen (secondary N) is 1. The second-order valence-corrected chi connectivity index (χ2v) is 6.04. The van der Waals surface area contributed by atoms with Crippen LogP contribution in [0, 0.1) is 6.92 Å². The zero-order chi connectivity index (χ0) is 17.1. The van der Waals surface area contributed by atoms with Gasteiger partial charge in [0.2, 0.25) is 5.71 Å². The summed E-state index contributed by atoms with van der Waals surface area (Å²) < 4.78 is 11.8. The zero-order valence-electron chi connectivity index (χ0n) is 13.2. The molecule has 24 heavy (non-hydrogen) atoms. The van der Waals surface area contributed by atoms with Gasteiger partial charge in [0, 0.05) is 18.7 Å². The van der Waals surface area contributed by atoms with Crippen LogP contribution in [-0.2, 0) is 17.8 Å². The summed E-state index contributed by atoms with van der Waals surface area (Å²) in [5, 5.41) is 5.56. The van der Waals surface area contributed by atoms with Gasteiger partial charge in [0.15, 0.2) is 0 Å². The maximum Gasteiger partial charge on any atom is 0.265 e. The van der Waals surface area contributed by atoms with Crippen molar-refractivity contribution in [1.82, 2.24) is 19.9 Å². The molecule has 0 aliphatic carbocycles. The first kappa shape index (κ1) is 16.3. The van der Waals surface area contributed by atoms with Crippen molar-refractivity contribution in [2.75, 3.05) is 13.7 Å². The summed E-state index contributed by atoms with van der Waals surface area (Å²) in [5.41, 5.74) is 0.0460. The molecule has 9 heteroatoms. The molecule has 0 aliphatic rings. The van der Waals surface area contributed by atoms with Crippen molar-refractivity contribution in [2.24, 2.45) is 0 Å². The summed E-state index contributed by atoms with van der Waals surface area (Å²) in [6.07, 6.45) is 3.06. The van der Waals surface area contributed by atoms with Crippen molar-refractivity contribution in [1.29, 1.82) is 0 Å². The summed E-state index contributed by atoms with van der Waals surface area (Å²) in [7, 11) is 1.55. The van der Waals surface area contributed by atoms with Crippen LogP contribution in [0.1, 0.15) is 21.1 Å². The summed E-state index contributed by atoms with van der Waals surface area (Å²) >= 11 is 1.44. The average molecular weight is 348 g/mol. The minimum Gasteiger partial charge on any atom is -0.442 e. The average Bonchev–Trinajstić information content (AvgIpc) is 3.19. The van der Waals surface area contributed by atoms with Gasteiger partial charge >= 0.3 is 0 Å². The number of carbonyl (C=O) groups excluding carboxylic acids is 1. The van der Waals surface area contributed by atoms with Crippen LogP contribution in [0.25, 0.3) is 11.1 Å². The lowest BCUT2D eigenvalue weighted by atomic mass is 10.2. The van der Waals surface area contributed by atoms with Gasteiger partial charge in [-0.3, -0.25) is 14.2 Å². The van der Waals surface area contributed by atoms with E-state index < -0.39 is 0 Å². The van der Waals surface area contributed by atoms with E-state index in [-0.39, 0.29) is 28.1 Å². The van der Waals surface area contributed by atoms with E-state index >= 15 is 0 Å². The molecular formula is C15H16N4O4S. The Hall–Kier alpha value is -2.52. The molecule has 3 aromatic rings. The third kappa shape index (κ3) is 3.08. The van der Waals surface area contributed by atoms with Gasteiger partial charge in [-0.05, 0) is 6.92 Å². The normalized spacial score (nSPS) is 11.1. The predicted molar refractivity (Wildman–Crippen MR) is 88.2 cm³/mol. The number of thiazole rings is 1. The van der Waals surface area contributed by atoms with E-state index in [9.17, 15) is 9.59 Å². The molecule has 0 spiro atoms. The largest absolute Gasteiger partial charge is 0.442 e. The number of rotatable bonds is 6. The summed E-state index contributed by atoms with van der Waals surface area (Å²) in [6.45, 7) is 2.65. The molecule has 8 nitrogen and oxygen atoms in total. The molecule has 0 atom stereocenters. The van der Waals surface area contributed by atoms with Gasteiger partial charge in [-0.25, -0.2) is 9.97 Å². The van der Waals surface area contributed by atoms with E-state index in [0.29, 0.717) is 25.5 Å². The monoisotopic (exact) mass is 348 g/mol. The van der Waals surface area contributed by atoms with Crippen molar-refractivity contribution >= 4 is 28.3 Å². The molecule has 0 fully saturated rings. The number of fused-ring (bicyclic) bond motifs is 1. The molecule has 1 amide bonds.